The van der Waals surface area contributed by atoms with Crippen molar-refractivity contribution in [1.82, 2.24) is 9.29 Å². The minimum atomic E-state index is -0.420. The number of aromatic nitrogens is 1. The molecule has 0 aliphatic heterocycles. The molecule has 1 rings (SSSR count). The van der Waals surface area contributed by atoms with Crippen LogP contribution in [0.4, 0.5) is 0 Å². The Morgan fingerprint density at radius 1 is 1.60 bits per heavy atom. The maximum atomic E-state index is 8.53. The summed E-state index contributed by atoms with van der Waals surface area (Å²) >= 11 is 5.68. The molecule has 0 aliphatic rings. The summed E-state index contributed by atoms with van der Waals surface area (Å²) in [6.07, 6.45) is 3.54. The molecule has 0 fully saturated rings. The van der Waals surface area contributed by atoms with E-state index in [1.807, 2.05) is 30.7 Å². The maximum absolute atomic E-state index is 8.53. The zero-order valence-electron chi connectivity index (χ0n) is 8.51. The summed E-state index contributed by atoms with van der Waals surface area (Å²) in [4.78, 5) is 3.98. The van der Waals surface area contributed by atoms with Crippen LogP contribution < -0.4 is 0 Å². The van der Waals surface area contributed by atoms with Gasteiger partial charge in [0.25, 0.3) is 0 Å². The van der Waals surface area contributed by atoms with E-state index in [2.05, 4.69) is 9.35 Å². The molecule has 0 spiro atoms. The lowest BCUT2D eigenvalue weighted by Crippen LogP contribution is -2.16. The number of hydrogen-bond acceptors (Lipinski definition) is 3. The van der Waals surface area contributed by atoms with Crippen LogP contribution >= 0.6 is 11.6 Å². The van der Waals surface area contributed by atoms with Crippen molar-refractivity contribution < 1.29 is 0 Å². The van der Waals surface area contributed by atoms with Gasteiger partial charge < -0.3 is 0 Å². The highest BCUT2D eigenvalue weighted by Crippen LogP contribution is 2.09. The SMILES string of the molecule is CN(C)S(Cc1ccc(Cl)nc1)=NC#N. The summed E-state index contributed by atoms with van der Waals surface area (Å²) in [5.74, 6) is 0.685. The Kier molecular flexibility index (Phi) is 4.69. The third-order valence-electron chi connectivity index (χ3n) is 1.65. The van der Waals surface area contributed by atoms with E-state index >= 15 is 0 Å². The topological polar surface area (TPSA) is 52.3 Å². The zero-order valence-corrected chi connectivity index (χ0v) is 10.1. The first-order valence-electron chi connectivity index (χ1n) is 4.22. The van der Waals surface area contributed by atoms with E-state index in [1.54, 1.807) is 12.3 Å². The van der Waals surface area contributed by atoms with Crippen LogP contribution in [0.15, 0.2) is 22.7 Å². The lowest BCUT2D eigenvalue weighted by Gasteiger charge is -2.13. The molecule has 1 unspecified atom stereocenters. The molecule has 6 heteroatoms. The summed E-state index contributed by atoms with van der Waals surface area (Å²) in [6, 6.07) is 3.63. The van der Waals surface area contributed by atoms with Crippen molar-refractivity contribution in [3.63, 3.8) is 0 Å². The molecule has 0 aromatic carbocycles. The molecule has 1 heterocycles. The zero-order chi connectivity index (χ0) is 11.3. The normalized spacial score (nSPS) is 12.7. The largest absolute Gasteiger partial charge is 0.247 e. The lowest BCUT2D eigenvalue weighted by molar-refractivity contribution is 0.691. The highest BCUT2D eigenvalue weighted by Gasteiger charge is 2.03. The first-order valence-corrected chi connectivity index (χ1v) is 5.90. The van der Waals surface area contributed by atoms with Gasteiger partial charge in [0.1, 0.15) is 5.15 Å². The molecule has 0 N–H and O–H groups in total. The van der Waals surface area contributed by atoms with Crippen molar-refractivity contribution in [3.05, 3.63) is 29.0 Å². The standard InChI is InChI=1S/C9H11ClN4S/c1-14(2)15(13-7-11)6-8-3-4-9(10)12-5-8/h3-5H,6H2,1-2H3. The van der Waals surface area contributed by atoms with E-state index < -0.39 is 10.9 Å². The first-order chi connectivity index (χ1) is 7.13. The molecular formula is C9H11ClN4S. The van der Waals surface area contributed by atoms with Crippen molar-refractivity contribution in [2.24, 2.45) is 4.36 Å². The molecule has 0 amide bonds. The fraction of sp³-hybridized carbons (Fsp3) is 0.333. The Bertz CT molecular complexity index is 394. The number of halogens is 1. The Balaban J connectivity index is 2.80. The second kappa shape index (κ2) is 5.81. The highest BCUT2D eigenvalue weighted by atomic mass is 35.5. The maximum Gasteiger partial charge on any atom is 0.213 e. The number of rotatable bonds is 3. The third kappa shape index (κ3) is 3.96. The Morgan fingerprint density at radius 2 is 2.33 bits per heavy atom. The van der Waals surface area contributed by atoms with E-state index in [0.717, 1.165) is 5.56 Å². The van der Waals surface area contributed by atoms with Crippen molar-refractivity contribution in [1.29, 1.82) is 5.26 Å². The fourth-order valence-corrected chi connectivity index (χ4v) is 2.09. The number of nitrogens with zero attached hydrogens (tertiary/aromatic N) is 4. The molecule has 80 valence electrons. The molecular weight excluding hydrogens is 232 g/mol. The summed E-state index contributed by atoms with van der Waals surface area (Å²) < 4.78 is 5.75. The molecule has 15 heavy (non-hydrogen) atoms. The summed E-state index contributed by atoms with van der Waals surface area (Å²) in [6.45, 7) is 0. The van der Waals surface area contributed by atoms with E-state index in [4.69, 9.17) is 16.9 Å². The van der Waals surface area contributed by atoms with Crippen molar-refractivity contribution in [2.45, 2.75) is 5.75 Å². The van der Waals surface area contributed by atoms with Gasteiger partial charge in [0, 0.05) is 11.9 Å². The second-order valence-electron chi connectivity index (χ2n) is 2.98. The van der Waals surface area contributed by atoms with E-state index in [-0.39, 0.29) is 0 Å². The van der Waals surface area contributed by atoms with Gasteiger partial charge in [-0.05, 0) is 36.6 Å². The van der Waals surface area contributed by atoms with Crippen LogP contribution in [0.3, 0.4) is 0 Å². The van der Waals surface area contributed by atoms with E-state index in [0.29, 0.717) is 10.9 Å². The number of nitriles is 1. The van der Waals surface area contributed by atoms with Crippen molar-refractivity contribution >= 4 is 22.5 Å². The molecule has 4 nitrogen and oxygen atoms in total. The van der Waals surface area contributed by atoms with Crippen LogP contribution in [0.1, 0.15) is 5.56 Å². The van der Waals surface area contributed by atoms with Crippen molar-refractivity contribution in [3.8, 4) is 6.19 Å². The Labute approximate surface area is 96.7 Å². The van der Waals surface area contributed by atoms with Crippen LogP contribution in [0, 0.1) is 11.5 Å². The highest BCUT2D eigenvalue weighted by molar-refractivity contribution is 7.84. The average Bonchev–Trinajstić information content (AvgIpc) is 2.20. The second-order valence-corrected chi connectivity index (χ2v) is 5.25. The minimum absolute atomic E-state index is 0.420. The molecule has 0 radical (unpaired) electrons. The third-order valence-corrected chi connectivity index (χ3v) is 3.60. The number of hydrogen-bond donors (Lipinski definition) is 0. The van der Waals surface area contributed by atoms with Crippen LogP contribution in [0.25, 0.3) is 0 Å². The molecule has 1 aromatic heterocycles. The van der Waals surface area contributed by atoms with Gasteiger partial charge in [0.05, 0.1) is 0 Å². The minimum Gasteiger partial charge on any atom is -0.247 e. The van der Waals surface area contributed by atoms with Gasteiger partial charge in [-0.3, -0.25) is 0 Å². The van der Waals surface area contributed by atoms with Gasteiger partial charge in [-0.1, -0.05) is 17.7 Å². The van der Waals surface area contributed by atoms with Gasteiger partial charge in [-0.25, -0.2) is 9.29 Å². The molecule has 0 saturated heterocycles. The molecule has 1 atom stereocenters. The van der Waals surface area contributed by atoms with E-state index in [1.165, 1.54) is 0 Å². The van der Waals surface area contributed by atoms with Gasteiger partial charge in [0.2, 0.25) is 6.19 Å². The van der Waals surface area contributed by atoms with Gasteiger partial charge >= 0.3 is 0 Å². The molecule has 0 bridgehead atoms. The molecule has 0 aliphatic carbocycles. The predicted molar refractivity (Wildman–Crippen MR) is 62.0 cm³/mol. The van der Waals surface area contributed by atoms with Crippen LogP contribution in [0.5, 0.6) is 0 Å². The molecule has 0 saturated carbocycles. The summed E-state index contributed by atoms with van der Waals surface area (Å²) in [7, 11) is 3.37. The summed E-state index contributed by atoms with van der Waals surface area (Å²) in [5.41, 5.74) is 1.02. The average molecular weight is 243 g/mol. The first kappa shape index (κ1) is 12.1. The van der Waals surface area contributed by atoms with Gasteiger partial charge in [0.15, 0.2) is 0 Å². The van der Waals surface area contributed by atoms with E-state index in [9.17, 15) is 0 Å². The Hall–Kier alpha value is -0.960. The van der Waals surface area contributed by atoms with Crippen LogP contribution in [-0.4, -0.2) is 23.4 Å². The van der Waals surface area contributed by atoms with Crippen LogP contribution in [-0.2, 0) is 16.6 Å². The summed E-state index contributed by atoms with van der Waals surface area (Å²) in [5, 5.41) is 9.01. The lowest BCUT2D eigenvalue weighted by atomic mass is 10.3. The molecule has 1 aromatic rings. The van der Waals surface area contributed by atoms with Gasteiger partial charge in [-0.15, -0.1) is 4.36 Å². The van der Waals surface area contributed by atoms with Crippen LogP contribution in [0.2, 0.25) is 5.15 Å². The smallest absolute Gasteiger partial charge is 0.213 e. The fourth-order valence-electron chi connectivity index (χ4n) is 0.931. The van der Waals surface area contributed by atoms with Crippen molar-refractivity contribution in [2.75, 3.05) is 14.1 Å². The Morgan fingerprint density at radius 3 is 2.80 bits per heavy atom. The number of pyridine rings is 1. The van der Waals surface area contributed by atoms with Gasteiger partial charge in [-0.2, -0.15) is 5.26 Å². The quantitative estimate of drug-likeness (QED) is 0.602. The monoisotopic (exact) mass is 242 g/mol. The predicted octanol–water partition coefficient (Wildman–Crippen LogP) is 1.99.